The zero-order chi connectivity index (χ0) is 11.0. The molecule has 2 rings (SSSR count). The van der Waals surface area contributed by atoms with Gasteiger partial charge in [-0.25, -0.2) is 4.98 Å². The molecule has 0 N–H and O–H groups in total. The van der Waals surface area contributed by atoms with Crippen LogP contribution in [0.3, 0.4) is 0 Å². The number of halogens is 3. The van der Waals surface area contributed by atoms with Gasteiger partial charge in [0.25, 0.3) is 5.24 Å². The minimum absolute atomic E-state index is 0.102. The van der Waals surface area contributed by atoms with Crippen molar-refractivity contribution < 1.29 is 4.79 Å². The number of aromatic nitrogens is 1. The van der Waals surface area contributed by atoms with Gasteiger partial charge in [-0.3, -0.25) is 4.79 Å². The number of pyridine rings is 1. The number of fused-ring (bicyclic) bond motifs is 1. The van der Waals surface area contributed by atoms with Crippen LogP contribution >= 0.6 is 34.8 Å². The van der Waals surface area contributed by atoms with E-state index in [2.05, 4.69) is 4.98 Å². The highest BCUT2D eigenvalue weighted by Gasteiger charge is 2.10. The predicted molar refractivity (Wildman–Crippen MR) is 61.9 cm³/mol. The third kappa shape index (κ3) is 2.07. The van der Waals surface area contributed by atoms with Crippen molar-refractivity contribution in [2.75, 3.05) is 0 Å². The van der Waals surface area contributed by atoms with Gasteiger partial charge in [0.1, 0.15) is 5.15 Å². The molecule has 15 heavy (non-hydrogen) atoms. The first-order valence-corrected chi connectivity index (χ1v) is 5.17. The van der Waals surface area contributed by atoms with E-state index >= 15 is 0 Å². The number of nitrogens with zero attached hydrogens (tertiary/aromatic N) is 1. The molecular weight excluding hydrogens is 256 g/mol. The van der Waals surface area contributed by atoms with Crippen molar-refractivity contribution in [2.24, 2.45) is 0 Å². The first-order valence-electron chi connectivity index (χ1n) is 4.03. The molecule has 5 heteroatoms. The molecule has 0 bridgehead atoms. The molecule has 0 radical (unpaired) electrons. The maximum Gasteiger partial charge on any atom is 0.255 e. The Kier molecular flexibility index (Phi) is 2.83. The van der Waals surface area contributed by atoms with Gasteiger partial charge in [-0.1, -0.05) is 23.2 Å². The Bertz CT molecular complexity index is 554. The van der Waals surface area contributed by atoms with Crippen LogP contribution < -0.4 is 0 Å². The summed E-state index contributed by atoms with van der Waals surface area (Å²) in [4.78, 5) is 15.0. The van der Waals surface area contributed by atoms with Crippen molar-refractivity contribution >= 4 is 50.9 Å². The van der Waals surface area contributed by atoms with Crippen molar-refractivity contribution in [2.45, 2.75) is 0 Å². The van der Waals surface area contributed by atoms with Crippen LogP contribution in [0.4, 0.5) is 0 Å². The van der Waals surface area contributed by atoms with E-state index < -0.39 is 5.24 Å². The average Bonchev–Trinajstić information content (AvgIpc) is 2.17. The smallest absolute Gasteiger partial charge is 0.255 e. The minimum atomic E-state index is -0.630. The molecule has 0 unspecified atom stereocenters. The van der Waals surface area contributed by atoms with Gasteiger partial charge in [-0.05, 0) is 35.9 Å². The Balaban J connectivity index is 2.77. The first kappa shape index (κ1) is 10.7. The third-order valence-corrected chi connectivity index (χ3v) is 2.67. The largest absolute Gasteiger partial charge is 0.275 e. The summed E-state index contributed by atoms with van der Waals surface area (Å²) < 4.78 is 0. The van der Waals surface area contributed by atoms with Gasteiger partial charge in [0.05, 0.1) is 11.1 Å². The lowest BCUT2D eigenvalue weighted by atomic mass is 10.2. The van der Waals surface area contributed by atoms with E-state index in [9.17, 15) is 4.79 Å². The molecule has 0 saturated heterocycles. The van der Waals surface area contributed by atoms with E-state index in [-0.39, 0.29) is 10.7 Å². The summed E-state index contributed by atoms with van der Waals surface area (Å²) in [5.41, 5.74) is 0.860. The highest BCUT2D eigenvalue weighted by molar-refractivity contribution is 6.68. The van der Waals surface area contributed by atoms with E-state index in [1.54, 1.807) is 24.3 Å². The highest BCUT2D eigenvalue weighted by atomic mass is 35.5. The number of benzene rings is 1. The van der Waals surface area contributed by atoms with Gasteiger partial charge in [-0.2, -0.15) is 0 Å². The van der Waals surface area contributed by atoms with Gasteiger partial charge in [0.15, 0.2) is 0 Å². The van der Waals surface area contributed by atoms with E-state index in [1.807, 2.05) is 0 Å². The van der Waals surface area contributed by atoms with Crippen LogP contribution in [0.5, 0.6) is 0 Å². The SMILES string of the molecule is O=C(Cl)c1cc2cc(Cl)ccc2nc1Cl. The highest BCUT2D eigenvalue weighted by Crippen LogP contribution is 2.24. The molecule has 0 aliphatic rings. The summed E-state index contributed by atoms with van der Waals surface area (Å²) in [5.74, 6) is 0. The van der Waals surface area contributed by atoms with Crippen molar-refractivity contribution in [3.63, 3.8) is 0 Å². The second-order valence-electron chi connectivity index (χ2n) is 2.94. The molecule has 0 spiro atoms. The molecule has 0 atom stereocenters. The number of carbonyl (C=O) groups excluding carboxylic acids is 1. The molecule has 1 aromatic heterocycles. The molecule has 2 aromatic rings. The monoisotopic (exact) mass is 259 g/mol. The molecule has 1 aromatic carbocycles. The lowest BCUT2D eigenvalue weighted by Crippen LogP contribution is -1.93. The molecular formula is C10H4Cl3NO. The molecule has 0 amide bonds. The maximum atomic E-state index is 11.0. The summed E-state index contributed by atoms with van der Waals surface area (Å²) in [6.07, 6.45) is 0. The summed E-state index contributed by atoms with van der Waals surface area (Å²) in [5, 5.41) is 0.773. The number of carbonyl (C=O) groups is 1. The van der Waals surface area contributed by atoms with Gasteiger partial charge >= 0.3 is 0 Å². The van der Waals surface area contributed by atoms with E-state index in [0.717, 1.165) is 5.39 Å². The molecule has 0 aliphatic carbocycles. The third-order valence-electron chi connectivity index (χ3n) is 1.94. The van der Waals surface area contributed by atoms with Crippen molar-refractivity contribution in [3.05, 3.63) is 40.0 Å². The lowest BCUT2D eigenvalue weighted by molar-refractivity contribution is 0.108. The standard InChI is InChI=1S/C10H4Cl3NO/c11-6-1-2-8-5(3-6)4-7(10(13)15)9(12)14-8/h1-4H. The Morgan fingerprint density at radius 3 is 2.60 bits per heavy atom. The van der Waals surface area contributed by atoms with Crippen molar-refractivity contribution in [1.82, 2.24) is 4.98 Å². The Morgan fingerprint density at radius 1 is 1.20 bits per heavy atom. The van der Waals surface area contributed by atoms with Gasteiger partial charge in [0, 0.05) is 10.4 Å². The van der Waals surface area contributed by atoms with Crippen LogP contribution in [-0.4, -0.2) is 10.2 Å². The van der Waals surface area contributed by atoms with Crippen LogP contribution in [0.15, 0.2) is 24.3 Å². The number of hydrogen-bond acceptors (Lipinski definition) is 2. The van der Waals surface area contributed by atoms with Crippen LogP contribution in [0, 0.1) is 0 Å². The fourth-order valence-corrected chi connectivity index (χ4v) is 1.87. The van der Waals surface area contributed by atoms with Crippen molar-refractivity contribution in [3.8, 4) is 0 Å². The molecule has 0 fully saturated rings. The van der Waals surface area contributed by atoms with Gasteiger partial charge in [0.2, 0.25) is 0 Å². The van der Waals surface area contributed by atoms with E-state index in [1.165, 1.54) is 0 Å². The zero-order valence-corrected chi connectivity index (χ0v) is 9.57. The molecule has 1 heterocycles. The topological polar surface area (TPSA) is 30.0 Å². The Labute approximate surface area is 101 Å². The van der Waals surface area contributed by atoms with Crippen LogP contribution in [0.25, 0.3) is 10.9 Å². The van der Waals surface area contributed by atoms with E-state index in [4.69, 9.17) is 34.8 Å². The van der Waals surface area contributed by atoms with Crippen LogP contribution in [0.2, 0.25) is 10.2 Å². The summed E-state index contributed by atoms with van der Waals surface area (Å²) >= 11 is 17.0. The first-order chi connectivity index (χ1) is 7.08. The second kappa shape index (κ2) is 3.97. The Morgan fingerprint density at radius 2 is 1.93 bits per heavy atom. The molecule has 0 aliphatic heterocycles. The lowest BCUT2D eigenvalue weighted by Gasteiger charge is -2.02. The zero-order valence-electron chi connectivity index (χ0n) is 7.30. The van der Waals surface area contributed by atoms with Crippen LogP contribution in [-0.2, 0) is 0 Å². The molecule has 0 saturated carbocycles. The summed E-state index contributed by atoms with van der Waals surface area (Å²) in [6, 6.07) is 6.71. The molecule has 2 nitrogen and oxygen atoms in total. The average molecular weight is 261 g/mol. The predicted octanol–water partition coefficient (Wildman–Crippen LogP) is 3.92. The van der Waals surface area contributed by atoms with Crippen LogP contribution in [0.1, 0.15) is 10.4 Å². The van der Waals surface area contributed by atoms with E-state index in [0.29, 0.717) is 10.5 Å². The fourth-order valence-electron chi connectivity index (χ4n) is 1.26. The molecule has 76 valence electrons. The van der Waals surface area contributed by atoms with Gasteiger partial charge < -0.3 is 0 Å². The summed E-state index contributed by atoms with van der Waals surface area (Å²) in [6.45, 7) is 0. The second-order valence-corrected chi connectivity index (χ2v) is 4.08. The number of hydrogen-bond donors (Lipinski definition) is 0. The Hall–Kier alpha value is -0.830. The van der Waals surface area contributed by atoms with Crippen molar-refractivity contribution in [1.29, 1.82) is 0 Å². The van der Waals surface area contributed by atoms with Gasteiger partial charge in [-0.15, -0.1) is 0 Å². The summed E-state index contributed by atoms with van der Waals surface area (Å²) in [7, 11) is 0. The fraction of sp³-hybridized carbons (Fsp3) is 0. The number of rotatable bonds is 1. The minimum Gasteiger partial charge on any atom is -0.275 e. The maximum absolute atomic E-state index is 11.0. The normalized spacial score (nSPS) is 10.6. The quantitative estimate of drug-likeness (QED) is 0.574.